The van der Waals surface area contributed by atoms with E-state index in [1.807, 2.05) is 30.3 Å². The maximum atomic E-state index is 12.0. The number of rotatable bonds is 6. The molecule has 0 aliphatic rings. The summed E-state index contributed by atoms with van der Waals surface area (Å²) in [6, 6.07) is 12.3. The summed E-state index contributed by atoms with van der Waals surface area (Å²) in [5.74, 6) is -0.563. The number of nitro benzene ring substituents is 2. The summed E-state index contributed by atoms with van der Waals surface area (Å²) in [6.07, 6.45) is -0.320. The van der Waals surface area contributed by atoms with Gasteiger partial charge in [0.15, 0.2) is 0 Å². The van der Waals surface area contributed by atoms with Gasteiger partial charge in [-0.1, -0.05) is 30.3 Å². The largest absolute Gasteiger partial charge is 0.279 e. The van der Waals surface area contributed by atoms with Crippen molar-refractivity contribution in [3.05, 3.63) is 79.9 Å². The minimum atomic E-state index is -0.756. The molecule has 0 heterocycles. The van der Waals surface area contributed by atoms with Gasteiger partial charge in [0, 0.05) is 11.6 Å². The summed E-state index contributed by atoms with van der Waals surface area (Å²) in [4.78, 5) is 32.2. The molecule has 0 unspecified atom stereocenters. The molecule has 0 aliphatic heterocycles. The van der Waals surface area contributed by atoms with Crippen molar-refractivity contribution in [3.63, 3.8) is 0 Å². The normalized spacial score (nSPS) is 11.0. The summed E-state index contributed by atoms with van der Waals surface area (Å²) < 4.78 is 0. The van der Waals surface area contributed by atoms with Gasteiger partial charge in [-0.2, -0.15) is 5.10 Å². The van der Waals surface area contributed by atoms with Gasteiger partial charge < -0.3 is 0 Å². The third kappa shape index (κ3) is 4.67. The molecule has 0 aromatic heterocycles. The minimum Gasteiger partial charge on any atom is -0.273 e. The minimum absolute atomic E-state index is 0.0701. The fraction of sp³-hybridized carbons (Fsp3) is 0.125. The predicted molar refractivity (Wildman–Crippen MR) is 90.3 cm³/mol. The molecule has 9 heteroatoms. The zero-order valence-corrected chi connectivity index (χ0v) is 13.2. The molecule has 0 fully saturated rings. The number of carbonyl (C=O) groups is 1. The zero-order chi connectivity index (χ0) is 18.4. The quantitative estimate of drug-likeness (QED) is 0.490. The van der Waals surface area contributed by atoms with Crippen molar-refractivity contribution in [3.8, 4) is 0 Å². The maximum absolute atomic E-state index is 12.0. The lowest BCUT2D eigenvalue weighted by molar-refractivity contribution is -0.394. The number of nitro groups is 2. The Bertz CT molecular complexity index is 849. The van der Waals surface area contributed by atoms with Gasteiger partial charge in [0.1, 0.15) is 0 Å². The predicted octanol–water partition coefficient (Wildman–Crippen LogP) is 2.59. The Kier molecular flexibility index (Phi) is 5.51. The number of nitrogens with one attached hydrogen (secondary N) is 1. The van der Waals surface area contributed by atoms with E-state index in [0.29, 0.717) is 5.71 Å². The van der Waals surface area contributed by atoms with Crippen LogP contribution >= 0.6 is 0 Å². The Balaban J connectivity index is 2.12. The highest BCUT2D eigenvalue weighted by Gasteiger charge is 2.21. The summed E-state index contributed by atoms with van der Waals surface area (Å²) in [6.45, 7) is 1.71. The van der Waals surface area contributed by atoms with Crippen LogP contribution in [0.5, 0.6) is 0 Å². The maximum Gasteiger partial charge on any atom is 0.279 e. The molecule has 25 heavy (non-hydrogen) atoms. The summed E-state index contributed by atoms with van der Waals surface area (Å²) in [7, 11) is 0. The first-order valence-corrected chi connectivity index (χ1v) is 7.18. The third-order valence-electron chi connectivity index (χ3n) is 3.37. The van der Waals surface area contributed by atoms with E-state index in [2.05, 4.69) is 10.5 Å². The molecular weight excluding hydrogens is 328 g/mol. The van der Waals surface area contributed by atoms with Crippen LogP contribution in [0.4, 0.5) is 11.4 Å². The molecule has 2 aromatic carbocycles. The molecule has 0 atom stereocenters. The Morgan fingerprint density at radius 2 is 1.76 bits per heavy atom. The molecular formula is C16H14N4O5. The van der Waals surface area contributed by atoms with Crippen LogP contribution < -0.4 is 5.43 Å². The lowest BCUT2D eigenvalue weighted by atomic mass is 10.1. The molecule has 1 amide bonds. The molecule has 128 valence electrons. The average Bonchev–Trinajstić information content (AvgIpc) is 2.60. The Labute approximate surface area is 142 Å². The van der Waals surface area contributed by atoms with Crippen LogP contribution in [0.1, 0.15) is 18.1 Å². The highest BCUT2D eigenvalue weighted by atomic mass is 16.6. The molecule has 0 saturated heterocycles. The van der Waals surface area contributed by atoms with Crippen molar-refractivity contribution in [2.24, 2.45) is 5.10 Å². The van der Waals surface area contributed by atoms with Crippen LogP contribution in [0.25, 0.3) is 0 Å². The number of non-ortho nitro benzene ring substituents is 1. The summed E-state index contributed by atoms with van der Waals surface area (Å²) >= 11 is 0. The number of nitrogens with zero attached hydrogens (tertiary/aromatic N) is 3. The van der Waals surface area contributed by atoms with Crippen molar-refractivity contribution in [2.75, 3.05) is 0 Å². The first-order valence-electron chi connectivity index (χ1n) is 7.18. The monoisotopic (exact) mass is 342 g/mol. The number of amides is 1. The lowest BCUT2D eigenvalue weighted by Crippen LogP contribution is -2.21. The van der Waals surface area contributed by atoms with Crippen molar-refractivity contribution in [1.29, 1.82) is 0 Å². The number of carbonyl (C=O) groups excluding carboxylic acids is 1. The van der Waals surface area contributed by atoms with Gasteiger partial charge in [-0.05, 0) is 18.6 Å². The number of hydrogen-bond donors (Lipinski definition) is 1. The molecule has 1 N–H and O–H groups in total. The summed E-state index contributed by atoms with van der Waals surface area (Å²) in [5, 5.41) is 25.7. The van der Waals surface area contributed by atoms with Crippen LogP contribution in [0, 0.1) is 20.2 Å². The van der Waals surface area contributed by atoms with E-state index in [-0.39, 0.29) is 12.0 Å². The first-order chi connectivity index (χ1) is 11.9. The zero-order valence-electron chi connectivity index (χ0n) is 13.2. The molecule has 0 bridgehead atoms. The standard InChI is InChI=1S/C16H14N4O5/c1-11(12-5-3-2-4-6-12)17-18-16(21)9-13-7-8-14(19(22)23)10-15(13)20(24)25/h2-8,10H,9H2,1H3,(H,18,21)/b17-11-. The van der Waals surface area contributed by atoms with Gasteiger partial charge in [-0.3, -0.25) is 25.0 Å². The van der Waals surface area contributed by atoms with Crippen molar-refractivity contribution < 1.29 is 14.6 Å². The van der Waals surface area contributed by atoms with Crippen LogP contribution in [0.3, 0.4) is 0 Å². The Hall–Kier alpha value is -3.62. The van der Waals surface area contributed by atoms with E-state index in [4.69, 9.17) is 0 Å². The topological polar surface area (TPSA) is 128 Å². The lowest BCUT2D eigenvalue weighted by Gasteiger charge is -2.04. The molecule has 0 aliphatic carbocycles. The third-order valence-corrected chi connectivity index (χ3v) is 3.37. The SMILES string of the molecule is C/C(=N/NC(=O)Cc1ccc([N+](=O)[O-])cc1[N+](=O)[O-])c1ccccc1. The van der Waals surface area contributed by atoms with Crippen molar-refractivity contribution >= 4 is 23.0 Å². The fourth-order valence-corrected chi connectivity index (χ4v) is 2.09. The van der Waals surface area contributed by atoms with Gasteiger partial charge in [-0.15, -0.1) is 0 Å². The number of benzene rings is 2. The second-order valence-electron chi connectivity index (χ2n) is 5.10. The van der Waals surface area contributed by atoms with Gasteiger partial charge >= 0.3 is 0 Å². The second-order valence-corrected chi connectivity index (χ2v) is 5.10. The van der Waals surface area contributed by atoms with Gasteiger partial charge in [-0.25, -0.2) is 5.43 Å². The molecule has 9 nitrogen and oxygen atoms in total. The van der Waals surface area contributed by atoms with Gasteiger partial charge in [0.25, 0.3) is 11.4 Å². The molecule has 0 spiro atoms. The van der Waals surface area contributed by atoms with Gasteiger partial charge in [0.2, 0.25) is 5.91 Å². The van der Waals surface area contributed by atoms with E-state index < -0.39 is 27.1 Å². The summed E-state index contributed by atoms with van der Waals surface area (Å²) in [5.41, 5.74) is 2.91. The second kappa shape index (κ2) is 7.77. The molecule has 2 rings (SSSR count). The fourth-order valence-electron chi connectivity index (χ4n) is 2.09. The van der Waals surface area contributed by atoms with E-state index in [1.165, 1.54) is 6.07 Å². The van der Waals surface area contributed by atoms with E-state index in [9.17, 15) is 25.0 Å². The number of hydrogen-bond acceptors (Lipinski definition) is 6. The average molecular weight is 342 g/mol. The highest BCUT2D eigenvalue weighted by Crippen LogP contribution is 2.24. The van der Waals surface area contributed by atoms with E-state index >= 15 is 0 Å². The Morgan fingerprint density at radius 1 is 1.08 bits per heavy atom. The Morgan fingerprint density at radius 3 is 2.36 bits per heavy atom. The van der Waals surface area contributed by atoms with Crippen LogP contribution in [-0.4, -0.2) is 21.5 Å². The van der Waals surface area contributed by atoms with Gasteiger partial charge in [0.05, 0.1) is 28.0 Å². The van der Waals surface area contributed by atoms with Crippen molar-refractivity contribution in [2.45, 2.75) is 13.3 Å². The van der Waals surface area contributed by atoms with E-state index in [1.54, 1.807) is 6.92 Å². The van der Waals surface area contributed by atoms with E-state index in [0.717, 1.165) is 17.7 Å². The van der Waals surface area contributed by atoms with Crippen LogP contribution in [-0.2, 0) is 11.2 Å². The van der Waals surface area contributed by atoms with Crippen molar-refractivity contribution in [1.82, 2.24) is 5.43 Å². The molecule has 2 aromatic rings. The van der Waals surface area contributed by atoms with Crippen LogP contribution in [0.15, 0.2) is 53.6 Å². The molecule has 0 saturated carbocycles. The smallest absolute Gasteiger partial charge is 0.273 e. The first kappa shape index (κ1) is 17.7. The van der Waals surface area contributed by atoms with Crippen LogP contribution in [0.2, 0.25) is 0 Å². The number of hydrazone groups is 1. The molecule has 0 radical (unpaired) electrons. The highest BCUT2D eigenvalue weighted by molar-refractivity contribution is 5.99.